The van der Waals surface area contributed by atoms with Crippen molar-refractivity contribution in [2.75, 3.05) is 39.9 Å². The van der Waals surface area contributed by atoms with E-state index in [4.69, 9.17) is 9.73 Å². The van der Waals surface area contributed by atoms with Crippen LogP contribution in [-0.2, 0) is 17.8 Å². The number of benzene rings is 1. The zero-order valence-electron chi connectivity index (χ0n) is 17.2. The van der Waals surface area contributed by atoms with Crippen LogP contribution in [0.2, 0.25) is 0 Å². The average molecular weight is 488 g/mol. The van der Waals surface area contributed by atoms with Crippen molar-refractivity contribution in [3.8, 4) is 0 Å². The molecule has 1 aliphatic carbocycles. The summed E-state index contributed by atoms with van der Waals surface area (Å²) < 4.78 is 5.68. The Hall–Kier alpha value is -0.860. The lowest BCUT2D eigenvalue weighted by Crippen LogP contribution is -2.38. The molecule has 0 unspecified atom stereocenters. The molecule has 1 aromatic rings. The number of rotatable bonds is 12. The lowest BCUT2D eigenvalue weighted by molar-refractivity contribution is 0.123. The highest BCUT2D eigenvalue weighted by atomic mass is 127. The SMILES string of the molecule is CCNC(=NCc1cccc(CN(C)CC)c1)NCCCOCC1CC1.I. The summed E-state index contributed by atoms with van der Waals surface area (Å²) in [6.45, 7) is 10.5. The first-order valence-electron chi connectivity index (χ1n) is 10.1. The highest BCUT2D eigenvalue weighted by Gasteiger charge is 2.20. The van der Waals surface area contributed by atoms with Gasteiger partial charge >= 0.3 is 0 Å². The van der Waals surface area contributed by atoms with Crippen LogP contribution in [0.1, 0.15) is 44.2 Å². The molecule has 5 nitrogen and oxygen atoms in total. The molecule has 0 aromatic heterocycles. The summed E-state index contributed by atoms with van der Waals surface area (Å²) in [5.74, 6) is 1.72. The fourth-order valence-electron chi connectivity index (χ4n) is 2.68. The molecule has 1 aromatic carbocycles. The standard InChI is InChI=1S/C21H36N4O.HI/c1-4-22-21(23-12-7-13-26-17-18-10-11-18)24-15-19-8-6-9-20(14-19)16-25(3)5-2;/h6,8-9,14,18H,4-5,7,10-13,15-17H2,1-3H3,(H2,22,23,24);1H. The van der Waals surface area contributed by atoms with Gasteiger partial charge in [0.25, 0.3) is 0 Å². The third kappa shape index (κ3) is 10.9. The molecule has 2 rings (SSSR count). The van der Waals surface area contributed by atoms with Crippen LogP contribution in [0.25, 0.3) is 0 Å². The molecule has 1 aliphatic rings. The second-order valence-corrected chi connectivity index (χ2v) is 7.14. The normalized spacial score (nSPS) is 14.1. The Labute approximate surface area is 182 Å². The molecule has 6 heteroatoms. The van der Waals surface area contributed by atoms with Crippen LogP contribution in [0.15, 0.2) is 29.3 Å². The van der Waals surface area contributed by atoms with Gasteiger partial charge in [0.2, 0.25) is 0 Å². The molecule has 0 saturated heterocycles. The van der Waals surface area contributed by atoms with Crippen molar-refractivity contribution in [2.45, 2.75) is 46.2 Å². The van der Waals surface area contributed by atoms with Crippen LogP contribution in [-0.4, -0.2) is 50.8 Å². The minimum Gasteiger partial charge on any atom is -0.381 e. The number of halogens is 1. The summed E-state index contributed by atoms with van der Waals surface area (Å²) in [5, 5.41) is 6.72. The highest BCUT2D eigenvalue weighted by Crippen LogP contribution is 2.28. The van der Waals surface area contributed by atoms with Crippen LogP contribution in [0, 0.1) is 5.92 Å². The molecule has 1 saturated carbocycles. The fourth-order valence-corrected chi connectivity index (χ4v) is 2.68. The van der Waals surface area contributed by atoms with Gasteiger partial charge in [-0.15, -0.1) is 24.0 Å². The zero-order chi connectivity index (χ0) is 18.6. The van der Waals surface area contributed by atoms with Crippen molar-refractivity contribution in [1.29, 1.82) is 0 Å². The third-order valence-electron chi connectivity index (χ3n) is 4.56. The predicted molar refractivity (Wildman–Crippen MR) is 125 cm³/mol. The van der Waals surface area contributed by atoms with E-state index < -0.39 is 0 Å². The van der Waals surface area contributed by atoms with Gasteiger partial charge < -0.3 is 20.3 Å². The second-order valence-electron chi connectivity index (χ2n) is 7.14. The maximum atomic E-state index is 5.68. The van der Waals surface area contributed by atoms with E-state index in [0.29, 0.717) is 6.54 Å². The van der Waals surface area contributed by atoms with E-state index in [9.17, 15) is 0 Å². The Morgan fingerprint density at radius 3 is 2.70 bits per heavy atom. The molecule has 0 bridgehead atoms. The quantitative estimate of drug-likeness (QED) is 0.204. The molecule has 0 atom stereocenters. The van der Waals surface area contributed by atoms with Gasteiger partial charge in [0.05, 0.1) is 6.54 Å². The van der Waals surface area contributed by atoms with Gasteiger partial charge in [-0.25, -0.2) is 4.99 Å². The van der Waals surface area contributed by atoms with E-state index in [0.717, 1.165) is 57.7 Å². The molecular formula is C21H37IN4O. The Morgan fingerprint density at radius 1 is 1.22 bits per heavy atom. The van der Waals surface area contributed by atoms with E-state index in [1.807, 2.05) is 0 Å². The summed E-state index contributed by atoms with van der Waals surface area (Å²) in [4.78, 5) is 7.03. The molecule has 0 heterocycles. The Balaban J connectivity index is 0.00000364. The summed E-state index contributed by atoms with van der Waals surface area (Å²) >= 11 is 0. The first kappa shape index (κ1) is 24.2. The van der Waals surface area contributed by atoms with Crippen LogP contribution in [0.4, 0.5) is 0 Å². The topological polar surface area (TPSA) is 48.9 Å². The van der Waals surface area contributed by atoms with Gasteiger partial charge in [-0.2, -0.15) is 0 Å². The lowest BCUT2D eigenvalue weighted by Gasteiger charge is -2.14. The van der Waals surface area contributed by atoms with Gasteiger partial charge in [0, 0.05) is 32.8 Å². The minimum absolute atomic E-state index is 0. The Kier molecular flexibility index (Phi) is 12.7. The molecule has 0 radical (unpaired) electrons. The molecule has 0 amide bonds. The van der Waals surface area contributed by atoms with Crippen molar-refractivity contribution < 1.29 is 4.74 Å². The monoisotopic (exact) mass is 488 g/mol. The predicted octanol–water partition coefficient (Wildman–Crippen LogP) is 3.63. The summed E-state index contributed by atoms with van der Waals surface area (Å²) in [7, 11) is 2.15. The number of nitrogens with zero attached hydrogens (tertiary/aromatic N) is 2. The van der Waals surface area contributed by atoms with Crippen molar-refractivity contribution in [2.24, 2.45) is 10.9 Å². The Morgan fingerprint density at radius 2 is 2.00 bits per heavy atom. The third-order valence-corrected chi connectivity index (χ3v) is 4.56. The van der Waals surface area contributed by atoms with E-state index in [1.54, 1.807) is 0 Å². The van der Waals surface area contributed by atoms with Crippen LogP contribution >= 0.6 is 24.0 Å². The highest BCUT2D eigenvalue weighted by molar-refractivity contribution is 14.0. The number of nitrogens with one attached hydrogen (secondary N) is 2. The number of hydrogen-bond acceptors (Lipinski definition) is 3. The number of aliphatic imine (C=N–C) groups is 1. The second kappa shape index (κ2) is 14.2. The first-order valence-corrected chi connectivity index (χ1v) is 10.1. The molecule has 0 spiro atoms. The molecule has 154 valence electrons. The van der Waals surface area contributed by atoms with Gasteiger partial charge in [0.15, 0.2) is 5.96 Å². The van der Waals surface area contributed by atoms with E-state index in [2.05, 4.69) is 60.7 Å². The number of hydrogen-bond donors (Lipinski definition) is 2. The minimum atomic E-state index is 0. The molecular weight excluding hydrogens is 451 g/mol. The summed E-state index contributed by atoms with van der Waals surface area (Å²) in [6.07, 6.45) is 3.72. The van der Waals surface area contributed by atoms with Crippen molar-refractivity contribution in [3.05, 3.63) is 35.4 Å². The summed E-state index contributed by atoms with van der Waals surface area (Å²) in [5.41, 5.74) is 2.59. The van der Waals surface area contributed by atoms with Crippen molar-refractivity contribution in [3.63, 3.8) is 0 Å². The fraction of sp³-hybridized carbons (Fsp3) is 0.667. The van der Waals surface area contributed by atoms with E-state index in [1.165, 1.54) is 24.0 Å². The van der Waals surface area contributed by atoms with Gasteiger partial charge in [0.1, 0.15) is 0 Å². The van der Waals surface area contributed by atoms with E-state index >= 15 is 0 Å². The lowest BCUT2D eigenvalue weighted by atomic mass is 10.1. The maximum Gasteiger partial charge on any atom is 0.191 e. The molecule has 27 heavy (non-hydrogen) atoms. The maximum absolute atomic E-state index is 5.68. The molecule has 1 fully saturated rings. The van der Waals surface area contributed by atoms with Crippen LogP contribution < -0.4 is 10.6 Å². The average Bonchev–Trinajstić information content (AvgIpc) is 3.47. The zero-order valence-corrected chi connectivity index (χ0v) is 19.5. The number of ether oxygens (including phenoxy) is 1. The molecule has 2 N–H and O–H groups in total. The molecule has 0 aliphatic heterocycles. The van der Waals surface area contributed by atoms with E-state index in [-0.39, 0.29) is 24.0 Å². The van der Waals surface area contributed by atoms with Gasteiger partial charge in [-0.05, 0) is 56.8 Å². The largest absolute Gasteiger partial charge is 0.381 e. The number of guanidine groups is 1. The van der Waals surface area contributed by atoms with Crippen molar-refractivity contribution >= 4 is 29.9 Å². The Bertz CT molecular complexity index is 549. The first-order chi connectivity index (χ1) is 12.7. The van der Waals surface area contributed by atoms with Gasteiger partial charge in [-0.1, -0.05) is 31.2 Å². The van der Waals surface area contributed by atoms with Crippen LogP contribution in [0.3, 0.4) is 0 Å². The smallest absolute Gasteiger partial charge is 0.191 e. The van der Waals surface area contributed by atoms with Gasteiger partial charge in [-0.3, -0.25) is 0 Å². The van der Waals surface area contributed by atoms with Crippen molar-refractivity contribution in [1.82, 2.24) is 15.5 Å². The van der Waals surface area contributed by atoms with Crippen LogP contribution in [0.5, 0.6) is 0 Å². The summed E-state index contributed by atoms with van der Waals surface area (Å²) in [6, 6.07) is 8.71.